The van der Waals surface area contributed by atoms with E-state index in [1.807, 2.05) is 41.3 Å². The minimum absolute atomic E-state index is 0.0128. The van der Waals surface area contributed by atoms with Gasteiger partial charge in [0, 0.05) is 43.3 Å². The summed E-state index contributed by atoms with van der Waals surface area (Å²) >= 11 is 0. The van der Waals surface area contributed by atoms with Gasteiger partial charge in [0.1, 0.15) is 0 Å². The van der Waals surface area contributed by atoms with Crippen LogP contribution in [0.3, 0.4) is 0 Å². The van der Waals surface area contributed by atoms with Gasteiger partial charge < -0.3 is 19.9 Å². The molecule has 1 aliphatic carbocycles. The zero-order valence-corrected chi connectivity index (χ0v) is 18.0. The van der Waals surface area contributed by atoms with Crippen molar-refractivity contribution in [2.75, 3.05) is 13.2 Å². The molecule has 7 nitrogen and oxygen atoms in total. The van der Waals surface area contributed by atoms with E-state index in [2.05, 4.69) is 5.32 Å². The van der Waals surface area contributed by atoms with Gasteiger partial charge in [-0.15, -0.1) is 0 Å². The van der Waals surface area contributed by atoms with Gasteiger partial charge in [-0.25, -0.2) is 0 Å². The molecule has 2 N–H and O–H groups in total. The SMILES string of the molecule is O=C(NCCc1ccccc1)[C@H]1[C@H](CO)[C@H]2Cn3c(cccc3=O)[C@@H]1N2C(=O)C1CCC1. The first-order valence-electron chi connectivity index (χ1n) is 11.5. The third-order valence-electron chi connectivity index (χ3n) is 7.49. The molecule has 2 aliphatic heterocycles. The van der Waals surface area contributed by atoms with Gasteiger partial charge in [-0.1, -0.05) is 42.8 Å². The molecule has 0 unspecified atom stereocenters. The summed E-state index contributed by atoms with van der Waals surface area (Å²) in [5, 5.41) is 13.3. The van der Waals surface area contributed by atoms with E-state index in [0.717, 1.165) is 24.8 Å². The van der Waals surface area contributed by atoms with E-state index in [1.165, 1.54) is 6.07 Å². The van der Waals surface area contributed by atoms with Crippen LogP contribution in [0, 0.1) is 17.8 Å². The first-order valence-corrected chi connectivity index (χ1v) is 11.5. The molecule has 2 bridgehead atoms. The Hall–Kier alpha value is -2.93. The molecule has 1 aromatic heterocycles. The van der Waals surface area contributed by atoms with Crippen molar-refractivity contribution in [1.82, 2.24) is 14.8 Å². The second-order valence-corrected chi connectivity index (χ2v) is 9.18. The van der Waals surface area contributed by atoms with Crippen molar-refractivity contribution < 1.29 is 14.7 Å². The van der Waals surface area contributed by atoms with Gasteiger partial charge in [0.25, 0.3) is 5.56 Å². The lowest BCUT2D eigenvalue weighted by molar-refractivity contribution is -0.143. The van der Waals surface area contributed by atoms with E-state index in [0.29, 0.717) is 25.2 Å². The second kappa shape index (κ2) is 8.54. The highest BCUT2D eigenvalue weighted by molar-refractivity contribution is 5.85. The Balaban J connectivity index is 1.44. The van der Waals surface area contributed by atoms with E-state index in [9.17, 15) is 19.5 Å². The highest BCUT2D eigenvalue weighted by Crippen LogP contribution is 2.49. The number of carbonyl (C=O) groups is 2. The summed E-state index contributed by atoms with van der Waals surface area (Å²) in [6, 6.07) is 14.1. The molecule has 7 heteroatoms. The lowest BCUT2D eigenvalue weighted by Crippen LogP contribution is -2.51. The third kappa shape index (κ3) is 3.45. The maximum atomic E-state index is 13.4. The third-order valence-corrected chi connectivity index (χ3v) is 7.49. The smallest absolute Gasteiger partial charge is 0.250 e. The van der Waals surface area contributed by atoms with Gasteiger partial charge in [-0.3, -0.25) is 14.4 Å². The monoisotopic (exact) mass is 435 g/mol. The minimum atomic E-state index is -0.583. The number of benzene rings is 1. The summed E-state index contributed by atoms with van der Waals surface area (Å²) in [7, 11) is 0. The van der Waals surface area contributed by atoms with Gasteiger partial charge >= 0.3 is 0 Å². The fourth-order valence-corrected chi connectivity index (χ4v) is 5.62. The quantitative estimate of drug-likeness (QED) is 0.719. The number of hydrogen-bond acceptors (Lipinski definition) is 4. The molecule has 1 saturated carbocycles. The van der Waals surface area contributed by atoms with E-state index in [4.69, 9.17) is 0 Å². The zero-order valence-electron chi connectivity index (χ0n) is 18.0. The van der Waals surface area contributed by atoms with E-state index in [1.54, 1.807) is 10.6 Å². The van der Waals surface area contributed by atoms with Crippen molar-refractivity contribution in [1.29, 1.82) is 0 Å². The maximum absolute atomic E-state index is 13.4. The van der Waals surface area contributed by atoms with Crippen LogP contribution in [0.2, 0.25) is 0 Å². The normalized spacial score (nSPS) is 26.3. The average Bonchev–Trinajstić information content (AvgIpc) is 3.00. The molecule has 32 heavy (non-hydrogen) atoms. The van der Waals surface area contributed by atoms with Gasteiger partial charge in [0.15, 0.2) is 0 Å². The topological polar surface area (TPSA) is 91.6 Å². The lowest BCUT2D eigenvalue weighted by Gasteiger charge is -2.41. The summed E-state index contributed by atoms with van der Waals surface area (Å²) in [5.74, 6) is -1.10. The Morgan fingerprint density at radius 3 is 2.53 bits per heavy atom. The number of nitrogens with zero attached hydrogens (tertiary/aromatic N) is 2. The Labute approximate surface area is 187 Å². The molecule has 2 fully saturated rings. The number of aliphatic hydroxyl groups excluding tert-OH is 1. The Kier molecular flexibility index (Phi) is 5.59. The first kappa shape index (κ1) is 20.9. The summed E-state index contributed by atoms with van der Waals surface area (Å²) in [6.07, 6.45) is 3.49. The molecule has 4 atom stereocenters. The molecule has 2 amide bonds. The van der Waals surface area contributed by atoms with Crippen molar-refractivity contribution >= 4 is 11.8 Å². The molecule has 1 saturated heterocycles. The summed E-state index contributed by atoms with van der Waals surface area (Å²) in [5.41, 5.74) is 1.70. The van der Waals surface area contributed by atoms with Crippen molar-refractivity contribution in [2.45, 2.75) is 44.3 Å². The number of rotatable bonds is 6. The Bertz CT molecular complexity index is 1060. The van der Waals surface area contributed by atoms with Crippen molar-refractivity contribution in [3.63, 3.8) is 0 Å². The largest absolute Gasteiger partial charge is 0.396 e. The molecule has 0 radical (unpaired) electrons. The molecule has 168 valence electrons. The molecule has 3 aliphatic rings. The predicted molar refractivity (Wildman–Crippen MR) is 119 cm³/mol. The van der Waals surface area contributed by atoms with Crippen LogP contribution in [0.15, 0.2) is 53.3 Å². The van der Waals surface area contributed by atoms with Gasteiger partial charge in [-0.2, -0.15) is 0 Å². The number of hydrogen-bond donors (Lipinski definition) is 2. The van der Waals surface area contributed by atoms with Gasteiger partial charge in [-0.05, 0) is 30.9 Å². The number of carbonyl (C=O) groups excluding carboxylic acids is 2. The van der Waals surface area contributed by atoms with Crippen molar-refractivity contribution in [2.24, 2.45) is 17.8 Å². The van der Waals surface area contributed by atoms with Crippen LogP contribution in [0.25, 0.3) is 0 Å². The maximum Gasteiger partial charge on any atom is 0.250 e. The molecule has 2 aromatic rings. The van der Waals surface area contributed by atoms with E-state index in [-0.39, 0.29) is 35.9 Å². The number of pyridine rings is 1. The fourth-order valence-electron chi connectivity index (χ4n) is 5.62. The Morgan fingerprint density at radius 2 is 1.84 bits per heavy atom. The van der Waals surface area contributed by atoms with Crippen molar-refractivity contribution in [3.05, 3.63) is 70.1 Å². The van der Waals surface area contributed by atoms with Gasteiger partial charge in [0.2, 0.25) is 11.8 Å². The summed E-state index contributed by atoms with van der Waals surface area (Å²) < 4.78 is 1.68. The van der Waals surface area contributed by atoms with Crippen LogP contribution >= 0.6 is 0 Å². The highest BCUT2D eigenvalue weighted by Gasteiger charge is 2.58. The molecular weight excluding hydrogens is 406 g/mol. The summed E-state index contributed by atoms with van der Waals surface area (Å²) in [6.45, 7) is 0.602. The van der Waals surface area contributed by atoms with Crippen LogP contribution in [-0.2, 0) is 22.6 Å². The van der Waals surface area contributed by atoms with Gasteiger partial charge in [0.05, 0.1) is 18.0 Å². The standard InChI is InChI=1S/C25H29N3O4/c29-15-18-20-14-27-19(10-5-11-21(27)30)23(28(20)25(32)17-8-4-9-17)22(18)24(31)26-13-12-16-6-2-1-3-7-16/h1-3,5-7,10-11,17-18,20,22-23,29H,4,8-9,12-15H2,(H,26,31)/t18-,20-,22+,23+/m1/s1. The van der Waals surface area contributed by atoms with Crippen LogP contribution in [0.4, 0.5) is 0 Å². The zero-order chi connectivity index (χ0) is 22.2. The van der Waals surface area contributed by atoms with E-state index >= 15 is 0 Å². The number of aromatic nitrogens is 1. The summed E-state index contributed by atoms with van der Waals surface area (Å²) in [4.78, 5) is 41.2. The number of fused-ring (bicyclic) bond motifs is 4. The lowest BCUT2D eigenvalue weighted by atomic mass is 9.83. The Morgan fingerprint density at radius 1 is 1.06 bits per heavy atom. The molecule has 1 aromatic carbocycles. The minimum Gasteiger partial charge on any atom is -0.396 e. The number of aliphatic hydroxyl groups is 1. The van der Waals surface area contributed by atoms with E-state index < -0.39 is 17.9 Å². The van der Waals surface area contributed by atoms with Crippen LogP contribution < -0.4 is 10.9 Å². The molecule has 3 heterocycles. The average molecular weight is 436 g/mol. The number of amides is 2. The van der Waals surface area contributed by atoms with Crippen LogP contribution in [0.5, 0.6) is 0 Å². The predicted octanol–water partition coefficient (Wildman–Crippen LogP) is 1.50. The fraction of sp³-hybridized carbons (Fsp3) is 0.480. The first-order chi connectivity index (χ1) is 15.6. The highest BCUT2D eigenvalue weighted by atomic mass is 16.3. The van der Waals surface area contributed by atoms with Crippen molar-refractivity contribution in [3.8, 4) is 0 Å². The number of nitrogens with one attached hydrogen (secondary N) is 1. The second-order valence-electron chi connectivity index (χ2n) is 9.18. The molecular formula is C25H29N3O4. The van der Waals surface area contributed by atoms with Crippen LogP contribution in [-0.4, -0.2) is 45.6 Å². The molecule has 5 rings (SSSR count). The van der Waals surface area contributed by atoms with Crippen LogP contribution in [0.1, 0.15) is 36.6 Å². The molecule has 0 spiro atoms.